The Kier molecular flexibility index (Phi) is 7.81. The monoisotopic (exact) mass is 689 g/mol. The highest BCUT2D eigenvalue weighted by Crippen LogP contribution is 2.46. The summed E-state index contributed by atoms with van der Waals surface area (Å²) in [6, 6.07) is 75.7. The summed E-state index contributed by atoms with van der Waals surface area (Å²) in [5.74, 6) is 0. The van der Waals surface area contributed by atoms with Crippen LogP contribution in [-0.4, -0.2) is 9.55 Å². The van der Waals surface area contributed by atoms with Crippen LogP contribution in [0.25, 0.3) is 71.9 Å². The van der Waals surface area contributed by atoms with Gasteiger partial charge in [0.1, 0.15) is 0 Å². The van der Waals surface area contributed by atoms with E-state index in [1.165, 1.54) is 21.9 Å². The van der Waals surface area contributed by atoms with Gasteiger partial charge in [0.05, 0.1) is 33.6 Å². The number of para-hydroxylation sites is 5. The van der Waals surface area contributed by atoms with Gasteiger partial charge < -0.3 is 9.47 Å². The zero-order valence-corrected chi connectivity index (χ0v) is 29.5. The lowest BCUT2D eigenvalue weighted by molar-refractivity contribution is 1.17. The third kappa shape index (κ3) is 5.42. The molecular formula is C51H35N3. The Balaban J connectivity index is 1.28. The molecule has 0 N–H and O–H groups in total. The van der Waals surface area contributed by atoms with E-state index in [0.29, 0.717) is 0 Å². The molecule has 254 valence electrons. The standard InChI is InChI=1S/C51H35N3/c1-5-18-36(19-6-1)42-27-14-16-30-47(42)53(40-23-9-3-10-24-40)48-31-17-28-44-43-33-32-39(35-49(43)54(51(44)48)41-25-11-4-12-26-41)50-45(37-20-7-2-8-21-37)34-38-22-13-15-29-46(38)52-50/h1-35H. The van der Waals surface area contributed by atoms with Crippen LogP contribution < -0.4 is 4.90 Å². The van der Waals surface area contributed by atoms with Crippen molar-refractivity contribution >= 4 is 49.8 Å². The Hall–Kier alpha value is -7.23. The van der Waals surface area contributed by atoms with Gasteiger partial charge in [0, 0.05) is 44.2 Å². The molecule has 2 heterocycles. The molecule has 0 aliphatic carbocycles. The van der Waals surface area contributed by atoms with Gasteiger partial charge in [-0.25, -0.2) is 4.98 Å². The first-order chi connectivity index (χ1) is 26.8. The fourth-order valence-corrected chi connectivity index (χ4v) is 7.91. The Morgan fingerprint density at radius 1 is 0.407 bits per heavy atom. The second-order valence-electron chi connectivity index (χ2n) is 13.6. The smallest absolute Gasteiger partial charge is 0.0788 e. The predicted molar refractivity (Wildman–Crippen MR) is 227 cm³/mol. The van der Waals surface area contributed by atoms with Gasteiger partial charge in [-0.15, -0.1) is 0 Å². The van der Waals surface area contributed by atoms with Crippen LogP contribution in [0.1, 0.15) is 0 Å². The molecule has 10 aromatic rings. The number of pyridine rings is 1. The molecule has 0 unspecified atom stereocenters. The number of aromatic nitrogens is 2. The summed E-state index contributed by atoms with van der Waals surface area (Å²) >= 11 is 0. The minimum absolute atomic E-state index is 0.967. The topological polar surface area (TPSA) is 21.1 Å². The summed E-state index contributed by atoms with van der Waals surface area (Å²) in [6.07, 6.45) is 0. The van der Waals surface area contributed by atoms with Crippen LogP contribution in [-0.2, 0) is 0 Å². The average molecular weight is 690 g/mol. The molecule has 0 aliphatic heterocycles. The molecule has 0 aliphatic rings. The maximum absolute atomic E-state index is 5.33. The van der Waals surface area contributed by atoms with E-state index in [2.05, 4.69) is 222 Å². The first-order valence-corrected chi connectivity index (χ1v) is 18.4. The second kappa shape index (κ2) is 13.4. The summed E-state index contributed by atoms with van der Waals surface area (Å²) in [4.78, 5) is 7.75. The molecule has 10 rings (SSSR count). The fourth-order valence-electron chi connectivity index (χ4n) is 7.91. The molecule has 3 nitrogen and oxygen atoms in total. The Morgan fingerprint density at radius 3 is 1.78 bits per heavy atom. The van der Waals surface area contributed by atoms with Crippen LogP contribution in [0.2, 0.25) is 0 Å². The lowest BCUT2D eigenvalue weighted by atomic mass is 9.96. The summed E-state index contributed by atoms with van der Waals surface area (Å²) in [5, 5.41) is 3.50. The van der Waals surface area contributed by atoms with Crippen molar-refractivity contribution in [3.8, 4) is 39.2 Å². The van der Waals surface area contributed by atoms with Crippen molar-refractivity contribution in [1.29, 1.82) is 0 Å². The van der Waals surface area contributed by atoms with Crippen LogP contribution in [0, 0.1) is 0 Å². The second-order valence-corrected chi connectivity index (χ2v) is 13.6. The maximum Gasteiger partial charge on any atom is 0.0788 e. The Labute approximate surface area is 314 Å². The van der Waals surface area contributed by atoms with Gasteiger partial charge in [0.25, 0.3) is 0 Å². The molecule has 0 radical (unpaired) electrons. The van der Waals surface area contributed by atoms with Gasteiger partial charge in [-0.3, -0.25) is 0 Å². The number of anilines is 3. The van der Waals surface area contributed by atoms with Crippen molar-refractivity contribution in [3.05, 3.63) is 212 Å². The Morgan fingerprint density at radius 2 is 1.02 bits per heavy atom. The molecule has 0 bridgehead atoms. The van der Waals surface area contributed by atoms with E-state index < -0.39 is 0 Å². The summed E-state index contributed by atoms with van der Waals surface area (Å²) < 4.78 is 2.44. The molecular weight excluding hydrogens is 655 g/mol. The molecule has 0 saturated carbocycles. The first kappa shape index (κ1) is 31.5. The van der Waals surface area contributed by atoms with E-state index in [1.54, 1.807) is 0 Å². The molecule has 0 atom stereocenters. The number of hydrogen-bond acceptors (Lipinski definition) is 2. The number of hydrogen-bond donors (Lipinski definition) is 0. The fraction of sp³-hybridized carbons (Fsp3) is 0. The molecule has 0 spiro atoms. The van der Waals surface area contributed by atoms with Crippen molar-refractivity contribution in [3.63, 3.8) is 0 Å². The van der Waals surface area contributed by atoms with E-state index in [4.69, 9.17) is 4.98 Å². The number of benzene rings is 8. The Bertz CT molecular complexity index is 2920. The molecule has 8 aromatic carbocycles. The highest BCUT2D eigenvalue weighted by Gasteiger charge is 2.24. The van der Waals surface area contributed by atoms with Crippen molar-refractivity contribution in [2.24, 2.45) is 0 Å². The van der Waals surface area contributed by atoms with E-state index in [9.17, 15) is 0 Å². The zero-order chi connectivity index (χ0) is 35.8. The third-order valence-corrected chi connectivity index (χ3v) is 10.3. The van der Waals surface area contributed by atoms with Crippen molar-refractivity contribution in [1.82, 2.24) is 9.55 Å². The maximum atomic E-state index is 5.33. The summed E-state index contributed by atoms with van der Waals surface area (Å²) in [5.41, 5.74) is 14.3. The van der Waals surface area contributed by atoms with Gasteiger partial charge in [-0.05, 0) is 65.7 Å². The van der Waals surface area contributed by atoms with Crippen LogP contribution in [0.15, 0.2) is 212 Å². The lowest BCUT2D eigenvalue weighted by Gasteiger charge is -2.29. The van der Waals surface area contributed by atoms with E-state index in [1.807, 2.05) is 0 Å². The minimum Gasteiger partial charge on any atom is -0.308 e. The number of rotatable bonds is 7. The van der Waals surface area contributed by atoms with Gasteiger partial charge in [-0.2, -0.15) is 0 Å². The predicted octanol–water partition coefficient (Wildman–Crippen LogP) is 13.8. The molecule has 3 heteroatoms. The van der Waals surface area contributed by atoms with E-state index in [-0.39, 0.29) is 0 Å². The van der Waals surface area contributed by atoms with Crippen LogP contribution >= 0.6 is 0 Å². The van der Waals surface area contributed by atoms with Gasteiger partial charge in [-0.1, -0.05) is 158 Å². The number of fused-ring (bicyclic) bond motifs is 4. The quantitative estimate of drug-likeness (QED) is 0.166. The molecule has 0 fully saturated rings. The van der Waals surface area contributed by atoms with Crippen LogP contribution in [0.3, 0.4) is 0 Å². The van der Waals surface area contributed by atoms with Crippen molar-refractivity contribution in [2.75, 3.05) is 4.90 Å². The molecule has 0 saturated heterocycles. The summed E-state index contributed by atoms with van der Waals surface area (Å²) in [7, 11) is 0. The van der Waals surface area contributed by atoms with Gasteiger partial charge in [0.15, 0.2) is 0 Å². The van der Waals surface area contributed by atoms with E-state index >= 15 is 0 Å². The molecule has 54 heavy (non-hydrogen) atoms. The van der Waals surface area contributed by atoms with Gasteiger partial charge in [0.2, 0.25) is 0 Å². The average Bonchev–Trinajstić information content (AvgIpc) is 3.59. The largest absolute Gasteiger partial charge is 0.308 e. The zero-order valence-electron chi connectivity index (χ0n) is 29.5. The van der Waals surface area contributed by atoms with Gasteiger partial charge >= 0.3 is 0 Å². The SMILES string of the molecule is c1ccc(-c2ccccc2N(c2ccccc2)c2cccc3c4ccc(-c5nc6ccccc6cc5-c5ccccc5)cc4n(-c4ccccc4)c23)cc1. The lowest BCUT2D eigenvalue weighted by Crippen LogP contribution is -2.12. The highest BCUT2D eigenvalue weighted by atomic mass is 15.2. The van der Waals surface area contributed by atoms with Crippen molar-refractivity contribution < 1.29 is 0 Å². The normalized spacial score (nSPS) is 11.3. The minimum atomic E-state index is 0.967. The molecule has 2 aromatic heterocycles. The molecule has 0 amide bonds. The van der Waals surface area contributed by atoms with Crippen LogP contribution in [0.5, 0.6) is 0 Å². The highest BCUT2D eigenvalue weighted by molar-refractivity contribution is 6.15. The first-order valence-electron chi connectivity index (χ1n) is 18.4. The number of nitrogens with zero attached hydrogens (tertiary/aromatic N) is 3. The van der Waals surface area contributed by atoms with E-state index in [0.717, 1.165) is 67.1 Å². The van der Waals surface area contributed by atoms with Crippen molar-refractivity contribution in [2.45, 2.75) is 0 Å². The van der Waals surface area contributed by atoms with Crippen LogP contribution in [0.4, 0.5) is 17.1 Å². The summed E-state index contributed by atoms with van der Waals surface area (Å²) in [6.45, 7) is 0. The third-order valence-electron chi connectivity index (χ3n) is 10.3.